The molecule has 98 valence electrons. The Hall–Kier alpha value is -2.07. The molecule has 0 radical (unpaired) electrons. The lowest BCUT2D eigenvalue weighted by Gasteiger charge is -2.08. The van der Waals surface area contributed by atoms with Gasteiger partial charge in [0, 0.05) is 11.6 Å². The average Bonchev–Trinajstić information content (AvgIpc) is 2.39. The van der Waals surface area contributed by atoms with Gasteiger partial charge in [-0.2, -0.15) is 0 Å². The molecule has 2 amide bonds. The van der Waals surface area contributed by atoms with Crippen LogP contribution in [0.3, 0.4) is 0 Å². The largest absolute Gasteiger partial charge is 0.334 e. The lowest BCUT2D eigenvalue weighted by molar-refractivity contribution is 0.251. The molecular weight excluding hydrogens is 267 g/mol. The molecule has 0 saturated carbocycles. The summed E-state index contributed by atoms with van der Waals surface area (Å²) in [7, 11) is 0. The van der Waals surface area contributed by atoms with Gasteiger partial charge in [0.15, 0.2) is 0 Å². The van der Waals surface area contributed by atoms with Gasteiger partial charge in [-0.05, 0) is 29.8 Å². The van der Waals surface area contributed by atoms with Crippen LogP contribution in [-0.2, 0) is 6.54 Å². The fraction of sp³-hybridized carbons (Fsp3) is 0.0714. The first-order valence-electron chi connectivity index (χ1n) is 5.69. The molecule has 19 heavy (non-hydrogen) atoms. The van der Waals surface area contributed by atoms with Crippen LogP contribution in [0.2, 0.25) is 5.02 Å². The quantitative estimate of drug-likeness (QED) is 0.881. The monoisotopic (exact) mass is 278 g/mol. The van der Waals surface area contributed by atoms with Crippen molar-refractivity contribution in [2.45, 2.75) is 6.54 Å². The smallest absolute Gasteiger partial charge is 0.319 e. The number of benzene rings is 2. The van der Waals surface area contributed by atoms with Crippen molar-refractivity contribution in [3.8, 4) is 0 Å². The predicted octanol–water partition coefficient (Wildman–Crippen LogP) is 3.80. The molecule has 0 saturated heterocycles. The average molecular weight is 279 g/mol. The molecule has 0 aliphatic heterocycles. The first kappa shape index (κ1) is 13.4. The number of nitrogens with one attached hydrogen (secondary N) is 2. The fourth-order valence-electron chi connectivity index (χ4n) is 1.56. The van der Waals surface area contributed by atoms with Crippen molar-refractivity contribution in [2.75, 3.05) is 5.32 Å². The highest BCUT2D eigenvalue weighted by Crippen LogP contribution is 2.12. The van der Waals surface area contributed by atoms with Crippen molar-refractivity contribution >= 4 is 23.3 Å². The minimum atomic E-state index is -0.472. The molecule has 2 N–H and O–H groups in total. The van der Waals surface area contributed by atoms with Gasteiger partial charge < -0.3 is 10.6 Å². The molecule has 0 spiro atoms. The normalized spacial score (nSPS) is 10.0. The molecule has 0 atom stereocenters. The summed E-state index contributed by atoms with van der Waals surface area (Å²) in [5.41, 5.74) is 1.02. The molecule has 0 aliphatic rings. The van der Waals surface area contributed by atoms with E-state index < -0.39 is 11.8 Å². The van der Waals surface area contributed by atoms with Crippen LogP contribution in [0.5, 0.6) is 0 Å². The molecule has 0 heterocycles. The molecule has 0 aromatic heterocycles. The highest BCUT2D eigenvalue weighted by atomic mass is 35.5. The van der Waals surface area contributed by atoms with E-state index in [2.05, 4.69) is 10.6 Å². The Labute approximate surface area is 115 Å². The lowest BCUT2D eigenvalue weighted by Crippen LogP contribution is -2.28. The molecule has 2 aromatic rings. The van der Waals surface area contributed by atoms with Gasteiger partial charge in [-0.15, -0.1) is 0 Å². The summed E-state index contributed by atoms with van der Waals surface area (Å²) in [6.07, 6.45) is 0. The summed E-state index contributed by atoms with van der Waals surface area (Å²) in [5, 5.41) is 5.67. The summed E-state index contributed by atoms with van der Waals surface area (Å²) >= 11 is 5.83. The molecule has 5 heteroatoms. The van der Waals surface area contributed by atoms with E-state index in [-0.39, 0.29) is 5.69 Å². The molecule has 0 unspecified atom stereocenters. The van der Waals surface area contributed by atoms with Gasteiger partial charge in [-0.25, -0.2) is 9.18 Å². The number of halogens is 2. The maximum absolute atomic E-state index is 13.3. The lowest BCUT2D eigenvalue weighted by atomic mass is 10.2. The number of rotatable bonds is 3. The van der Waals surface area contributed by atoms with Crippen LogP contribution in [0, 0.1) is 5.82 Å². The Balaban J connectivity index is 1.90. The van der Waals surface area contributed by atoms with Gasteiger partial charge in [0.2, 0.25) is 0 Å². The third-order valence-electron chi connectivity index (χ3n) is 2.46. The number of urea groups is 1. The summed E-state index contributed by atoms with van der Waals surface area (Å²) in [6, 6.07) is 12.7. The molecule has 3 nitrogen and oxygen atoms in total. The fourth-order valence-corrected chi connectivity index (χ4v) is 1.77. The minimum Gasteiger partial charge on any atom is -0.334 e. The number of carbonyl (C=O) groups excluding carboxylic acids is 1. The van der Waals surface area contributed by atoms with E-state index in [1.54, 1.807) is 30.3 Å². The topological polar surface area (TPSA) is 41.1 Å². The van der Waals surface area contributed by atoms with Crippen molar-refractivity contribution in [1.82, 2.24) is 5.32 Å². The Morgan fingerprint density at radius 1 is 1.16 bits per heavy atom. The Morgan fingerprint density at radius 3 is 2.68 bits per heavy atom. The number of para-hydroxylation sites is 1. The predicted molar refractivity (Wildman–Crippen MR) is 73.7 cm³/mol. The van der Waals surface area contributed by atoms with Gasteiger partial charge in [0.25, 0.3) is 0 Å². The van der Waals surface area contributed by atoms with Crippen molar-refractivity contribution in [3.63, 3.8) is 0 Å². The zero-order valence-electron chi connectivity index (χ0n) is 9.99. The number of amides is 2. The number of anilines is 1. The second-order valence-electron chi connectivity index (χ2n) is 3.92. The van der Waals surface area contributed by atoms with E-state index in [1.165, 1.54) is 12.1 Å². The second kappa shape index (κ2) is 6.20. The zero-order valence-corrected chi connectivity index (χ0v) is 10.7. The Bertz CT molecular complexity index is 589. The van der Waals surface area contributed by atoms with Crippen LogP contribution in [0.15, 0.2) is 48.5 Å². The highest BCUT2D eigenvalue weighted by molar-refractivity contribution is 6.30. The number of carbonyl (C=O) groups is 1. The first-order chi connectivity index (χ1) is 9.15. The van der Waals surface area contributed by atoms with E-state index in [0.717, 1.165) is 5.56 Å². The zero-order chi connectivity index (χ0) is 13.7. The van der Waals surface area contributed by atoms with E-state index in [9.17, 15) is 9.18 Å². The molecule has 2 aromatic carbocycles. The maximum atomic E-state index is 13.3. The summed E-state index contributed by atoms with van der Waals surface area (Å²) in [5.74, 6) is -0.472. The van der Waals surface area contributed by atoms with Crippen molar-refractivity contribution in [1.29, 1.82) is 0 Å². The van der Waals surface area contributed by atoms with E-state index >= 15 is 0 Å². The molecule has 2 rings (SSSR count). The van der Waals surface area contributed by atoms with Crippen LogP contribution in [0.1, 0.15) is 5.56 Å². The Kier molecular flexibility index (Phi) is 4.36. The Morgan fingerprint density at radius 2 is 1.95 bits per heavy atom. The van der Waals surface area contributed by atoms with Crippen LogP contribution in [0.4, 0.5) is 14.9 Å². The van der Waals surface area contributed by atoms with E-state index in [0.29, 0.717) is 11.6 Å². The summed E-state index contributed by atoms with van der Waals surface area (Å²) in [4.78, 5) is 11.6. The van der Waals surface area contributed by atoms with Crippen LogP contribution >= 0.6 is 11.6 Å². The van der Waals surface area contributed by atoms with Crippen LogP contribution < -0.4 is 10.6 Å². The van der Waals surface area contributed by atoms with Crippen molar-refractivity contribution < 1.29 is 9.18 Å². The van der Waals surface area contributed by atoms with Gasteiger partial charge in [0.1, 0.15) is 5.82 Å². The SMILES string of the molecule is O=C(NCc1cccc(Cl)c1)Nc1ccccc1F. The highest BCUT2D eigenvalue weighted by Gasteiger charge is 2.05. The van der Waals surface area contributed by atoms with Crippen molar-refractivity contribution in [3.05, 3.63) is 64.9 Å². The summed E-state index contributed by atoms with van der Waals surface area (Å²) in [6.45, 7) is 0.320. The maximum Gasteiger partial charge on any atom is 0.319 e. The number of hydrogen-bond donors (Lipinski definition) is 2. The molecule has 0 fully saturated rings. The minimum absolute atomic E-state index is 0.145. The van der Waals surface area contributed by atoms with Crippen LogP contribution in [0.25, 0.3) is 0 Å². The second-order valence-corrected chi connectivity index (χ2v) is 4.35. The first-order valence-corrected chi connectivity index (χ1v) is 6.07. The third kappa shape index (κ3) is 3.96. The van der Waals surface area contributed by atoms with E-state index in [1.807, 2.05) is 6.07 Å². The van der Waals surface area contributed by atoms with Gasteiger partial charge in [-0.3, -0.25) is 0 Å². The van der Waals surface area contributed by atoms with Gasteiger partial charge in [0.05, 0.1) is 5.69 Å². The van der Waals surface area contributed by atoms with Crippen LogP contribution in [-0.4, -0.2) is 6.03 Å². The summed E-state index contributed by atoms with van der Waals surface area (Å²) < 4.78 is 13.3. The third-order valence-corrected chi connectivity index (χ3v) is 2.70. The molecular formula is C14H12ClFN2O. The van der Waals surface area contributed by atoms with Crippen molar-refractivity contribution in [2.24, 2.45) is 0 Å². The molecule has 0 aliphatic carbocycles. The number of hydrogen-bond acceptors (Lipinski definition) is 1. The molecule has 0 bridgehead atoms. The van der Waals surface area contributed by atoms with Gasteiger partial charge in [-0.1, -0.05) is 35.9 Å². The standard InChI is InChI=1S/C14H12ClFN2O/c15-11-5-3-4-10(8-11)9-17-14(19)18-13-7-2-1-6-12(13)16/h1-8H,9H2,(H2,17,18,19). The van der Waals surface area contributed by atoms with E-state index in [4.69, 9.17) is 11.6 Å². The van der Waals surface area contributed by atoms with Gasteiger partial charge >= 0.3 is 6.03 Å².